The number of piperazine rings is 1. The number of carbonyl (C=O) groups excluding carboxylic acids is 1. The van der Waals surface area contributed by atoms with Crippen molar-refractivity contribution in [3.05, 3.63) is 29.8 Å². The van der Waals surface area contributed by atoms with Crippen LogP contribution in [0.3, 0.4) is 0 Å². The molecule has 2 fully saturated rings. The van der Waals surface area contributed by atoms with Crippen molar-refractivity contribution in [3.8, 4) is 0 Å². The molecular formula is C13H18N4O. The first kappa shape index (κ1) is 11.3. The highest BCUT2D eigenvalue weighted by molar-refractivity contribution is 5.77. The predicted octanol–water partition coefficient (Wildman–Crippen LogP) is 0.478. The van der Waals surface area contributed by atoms with Crippen LogP contribution in [0.1, 0.15) is 5.56 Å². The number of nitrogens with two attached hydrogens (primary N) is 1. The SMILES string of the molecule is Nc1cccc(CN2CCN3C(=O)NCC3C2)c1. The number of nitrogen functional groups attached to an aromatic ring is 1. The lowest BCUT2D eigenvalue weighted by atomic mass is 10.1. The molecule has 1 aromatic carbocycles. The summed E-state index contributed by atoms with van der Waals surface area (Å²) in [6, 6.07) is 8.42. The van der Waals surface area contributed by atoms with Gasteiger partial charge in [-0.1, -0.05) is 12.1 Å². The molecule has 0 spiro atoms. The smallest absolute Gasteiger partial charge is 0.317 e. The van der Waals surface area contributed by atoms with Gasteiger partial charge in [0.05, 0.1) is 6.04 Å². The fourth-order valence-corrected chi connectivity index (χ4v) is 2.76. The summed E-state index contributed by atoms with van der Waals surface area (Å²) < 4.78 is 0. The largest absolute Gasteiger partial charge is 0.399 e. The molecule has 0 saturated carbocycles. The number of hydrogen-bond acceptors (Lipinski definition) is 3. The summed E-state index contributed by atoms with van der Waals surface area (Å²) in [5, 5.41) is 2.90. The first-order valence-electron chi connectivity index (χ1n) is 6.33. The molecule has 3 rings (SSSR count). The van der Waals surface area contributed by atoms with Crippen LogP contribution in [0.5, 0.6) is 0 Å². The third-order valence-electron chi connectivity index (χ3n) is 3.67. The van der Waals surface area contributed by atoms with Gasteiger partial charge >= 0.3 is 6.03 Å². The summed E-state index contributed by atoms with van der Waals surface area (Å²) in [5.41, 5.74) is 7.83. The minimum Gasteiger partial charge on any atom is -0.399 e. The van der Waals surface area contributed by atoms with Gasteiger partial charge < -0.3 is 16.0 Å². The molecular weight excluding hydrogens is 228 g/mol. The minimum absolute atomic E-state index is 0.0867. The molecule has 2 amide bonds. The van der Waals surface area contributed by atoms with Crippen molar-refractivity contribution in [1.82, 2.24) is 15.1 Å². The molecule has 3 N–H and O–H groups in total. The highest BCUT2D eigenvalue weighted by Crippen LogP contribution is 2.17. The number of rotatable bonds is 2. The van der Waals surface area contributed by atoms with Crippen molar-refractivity contribution >= 4 is 11.7 Å². The lowest BCUT2D eigenvalue weighted by Crippen LogP contribution is -2.51. The van der Waals surface area contributed by atoms with Crippen molar-refractivity contribution in [3.63, 3.8) is 0 Å². The quantitative estimate of drug-likeness (QED) is 0.746. The van der Waals surface area contributed by atoms with E-state index in [-0.39, 0.29) is 6.03 Å². The lowest BCUT2D eigenvalue weighted by Gasteiger charge is -2.36. The average molecular weight is 246 g/mol. The summed E-state index contributed by atoms with van der Waals surface area (Å²) in [4.78, 5) is 15.8. The van der Waals surface area contributed by atoms with E-state index in [1.807, 2.05) is 23.1 Å². The maximum atomic E-state index is 11.5. The first-order chi connectivity index (χ1) is 8.72. The Morgan fingerprint density at radius 3 is 3.11 bits per heavy atom. The Labute approximate surface area is 107 Å². The number of hydrogen-bond donors (Lipinski definition) is 2. The number of urea groups is 1. The zero-order valence-corrected chi connectivity index (χ0v) is 10.3. The van der Waals surface area contributed by atoms with Gasteiger partial charge in [-0.05, 0) is 17.7 Å². The molecule has 2 saturated heterocycles. The molecule has 18 heavy (non-hydrogen) atoms. The zero-order chi connectivity index (χ0) is 12.5. The molecule has 1 aromatic rings. The number of fused-ring (bicyclic) bond motifs is 1. The van der Waals surface area contributed by atoms with Crippen LogP contribution in [-0.4, -0.2) is 48.1 Å². The fourth-order valence-electron chi connectivity index (χ4n) is 2.76. The van der Waals surface area contributed by atoms with Crippen molar-refractivity contribution in [2.24, 2.45) is 0 Å². The Kier molecular flexibility index (Phi) is 2.83. The molecule has 0 aliphatic carbocycles. The van der Waals surface area contributed by atoms with Crippen molar-refractivity contribution in [1.29, 1.82) is 0 Å². The van der Waals surface area contributed by atoms with E-state index in [4.69, 9.17) is 5.73 Å². The number of nitrogens with one attached hydrogen (secondary N) is 1. The summed E-state index contributed by atoms with van der Waals surface area (Å²) >= 11 is 0. The lowest BCUT2D eigenvalue weighted by molar-refractivity contribution is 0.116. The van der Waals surface area contributed by atoms with Crippen molar-refractivity contribution in [2.45, 2.75) is 12.6 Å². The Bertz CT molecular complexity index is 462. The second-order valence-corrected chi connectivity index (χ2v) is 5.01. The number of amides is 2. The third-order valence-corrected chi connectivity index (χ3v) is 3.67. The van der Waals surface area contributed by atoms with Gasteiger partial charge in [0.1, 0.15) is 0 Å². The second kappa shape index (κ2) is 4.49. The fraction of sp³-hybridized carbons (Fsp3) is 0.462. The van der Waals surface area contributed by atoms with Crippen LogP contribution < -0.4 is 11.1 Å². The Morgan fingerprint density at radius 2 is 2.28 bits per heavy atom. The summed E-state index contributed by atoms with van der Waals surface area (Å²) in [7, 11) is 0. The Hall–Kier alpha value is -1.75. The van der Waals surface area contributed by atoms with E-state index in [9.17, 15) is 4.79 Å². The molecule has 2 aliphatic heterocycles. The topological polar surface area (TPSA) is 61.6 Å². The van der Waals surface area contributed by atoms with Crippen LogP contribution in [0.4, 0.5) is 10.5 Å². The van der Waals surface area contributed by atoms with Gasteiger partial charge in [0.15, 0.2) is 0 Å². The summed E-state index contributed by atoms with van der Waals surface area (Å²) in [6.07, 6.45) is 0. The number of benzene rings is 1. The molecule has 96 valence electrons. The normalized spacial score (nSPS) is 23.9. The molecule has 2 heterocycles. The van der Waals surface area contributed by atoms with E-state index >= 15 is 0 Å². The predicted molar refractivity (Wildman–Crippen MR) is 70.0 cm³/mol. The van der Waals surface area contributed by atoms with Gasteiger partial charge in [0.2, 0.25) is 0 Å². The number of anilines is 1. The van der Waals surface area contributed by atoms with E-state index in [1.165, 1.54) is 5.56 Å². The third kappa shape index (κ3) is 2.13. The van der Waals surface area contributed by atoms with E-state index in [1.54, 1.807) is 0 Å². The maximum Gasteiger partial charge on any atom is 0.317 e. The van der Waals surface area contributed by atoms with Gasteiger partial charge in [0, 0.05) is 38.4 Å². The van der Waals surface area contributed by atoms with Crippen molar-refractivity contribution < 1.29 is 4.79 Å². The molecule has 0 bridgehead atoms. The Morgan fingerprint density at radius 1 is 1.39 bits per heavy atom. The van der Waals surface area contributed by atoms with Crippen LogP contribution in [0, 0.1) is 0 Å². The monoisotopic (exact) mass is 246 g/mol. The van der Waals surface area contributed by atoms with Crippen LogP contribution in [0.2, 0.25) is 0 Å². The van der Waals surface area contributed by atoms with Gasteiger partial charge in [-0.15, -0.1) is 0 Å². The standard InChI is InChI=1S/C13H18N4O/c14-11-3-1-2-10(6-11)8-16-4-5-17-12(9-16)7-15-13(17)18/h1-3,6,12H,4-5,7-9,14H2,(H,15,18). The van der Waals surface area contributed by atoms with Crippen LogP contribution in [-0.2, 0) is 6.54 Å². The van der Waals surface area contributed by atoms with Crippen LogP contribution in [0.15, 0.2) is 24.3 Å². The molecule has 0 aromatic heterocycles. The number of carbonyl (C=O) groups is 1. The van der Waals surface area contributed by atoms with Gasteiger partial charge in [0.25, 0.3) is 0 Å². The maximum absolute atomic E-state index is 11.5. The van der Waals surface area contributed by atoms with Gasteiger partial charge in [-0.3, -0.25) is 4.90 Å². The zero-order valence-electron chi connectivity index (χ0n) is 10.3. The van der Waals surface area contributed by atoms with E-state index in [2.05, 4.69) is 16.3 Å². The molecule has 5 nitrogen and oxygen atoms in total. The molecule has 2 aliphatic rings. The highest BCUT2D eigenvalue weighted by atomic mass is 16.2. The van der Waals surface area contributed by atoms with Crippen LogP contribution >= 0.6 is 0 Å². The second-order valence-electron chi connectivity index (χ2n) is 5.01. The molecule has 1 atom stereocenters. The van der Waals surface area contributed by atoms with E-state index < -0.39 is 0 Å². The molecule has 5 heteroatoms. The average Bonchev–Trinajstić information content (AvgIpc) is 2.71. The summed E-state index contributed by atoms with van der Waals surface area (Å²) in [6.45, 7) is 4.36. The first-order valence-corrected chi connectivity index (χ1v) is 6.33. The van der Waals surface area contributed by atoms with E-state index in [0.29, 0.717) is 6.04 Å². The highest BCUT2D eigenvalue weighted by Gasteiger charge is 2.35. The van der Waals surface area contributed by atoms with E-state index in [0.717, 1.165) is 38.4 Å². The molecule has 0 radical (unpaired) electrons. The van der Waals surface area contributed by atoms with Crippen molar-refractivity contribution in [2.75, 3.05) is 31.9 Å². The minimum atomic E-state index is 0.0867. The Balaban J connectivity index is 1.64. The van der Waals surface area contributed by atoms with Crippen LogP contribution in [0.25, 0.3) is 0 Å². The van der Waals surface area contributed by atoms with Gasteiger partial charge in [-0.2, -0.15) is 0 Å². The molecule has 1 unspecified atom stereocenters. The van der Waals surface area contributed by atoms with Gasteiger partial charge in [-0.25, -0.2) is 4.79 Å². The number of nitrogens with zero attached hydrogens (tertiary/aromatic N) is 2. The summed E-state index contributed by atoms with van der Waals surface area (Å²) in [5.74, 6) is 0.